The topological polar surface area (TPSA) is 50.5 Å². The van der Waals surface area contributed by atoms with Crippen molar-refractivity contribution in [3.8, 4) is 5.75 Å². The maximum Gasteiger partial charge on any atom is 0.120 e. The molecule has 0 fully saturated rings. The molecule has 4 nitrogen and oxygen atoms in total. The SMILES string of the molecule is CCN(C)CCNc1cc(OC)ccc1C(N)=S. The van der Waals surface area contributed by atoms with Crippen LogP contribution in [-0.4, -0.2) is 43.7 Å². The van der Waals surface area contributed by atoms with Crippen molar-refractivity contribution in [3.05, 3.63) is 23.8 Å². The fourth-order valence-electron chi connectivity index (χ4n) is 1.55. The van der Waals surface area contributed by atoms with Crippen molar-refractivity contribution in [1.82, 2.24) is 4.90 Å². The zero-order valence-corrected chi connectivity index (χ0v) is 12.0. The molecule has 100 valence electrons. The molecule has 5 heteroatoms. The summed E-state index contributed by atoms with van der Waals surface area (Å²) in [6.45, 7) is 4.96. The molecule has 3 N–H and O–H groups in total. The lowest BCUT2D eigenvalue weighted by atomic mass is 10.1. The van der Waals surface area contributed by atoms with Crippen molar-refractivity contribution in [3.63, 3.8) is 0 Å². The molecular formula is C13H21N3OS. The molecule has 0 amide bonds. The Bertz CT molecular complexity index is 409. The smallest absolute Gasteiger partial charge is 0.120 e. The fourth-order valence-corrected chi connectivity index (χ4v) is 1.73. The second-order valence-electron chi connectivity index (χ2n) is 4.10. The summed E-state index contributed by atoms with van der Waals surface area (Å²) in [4.78, 5) is 2.62. The zero-order valence-electron chi connectivity index (χ0n) is 11.2. The summed E-state index contributed by atoms with van der Waals surface area (Å²) in [7, 11) is 3.73. The van der Waals surface area contributed by atoms with Crippen LogP contribution in [0.5, 0.6) is 5.75 Å². The molecule has 0 unspecified atom stereocenters. The van der Waals surface area contributed by atoms with E-state index in [1.54, 1.807) is 7.11 Å². The molecule has 0 radical (unpaired) electrons. The molecular weight excluding hydrogens is 246 g/mol. The largest absolute Gasteiger partial charge is 0.497 e. The third-order valence-electron chi connectivity index (χ3n) is 2.84. The van der Waals surface area contributed by atoms with Gasteiger partial charge in [-0.2, -0.15) is 0 Å². The van der Waals surface area contributed by atoms with E-state index in [9.17, 15) is 0 Å². The van der Waals surface area contributed by atoms with E-state index >= 15 is 0 Å². The van der Waals surface area contributed by atoms with E-state index in [4.69, 9.17) is 22.7 Å². The summed E-state index contributed by atoms with van der Waals surface area (Å²) in [6, 6.07) is 5.66. The van der Waals surface area contributed by atoms with E-state index in [0.29, 0.717) is 4.99 Å². The van der Waals surface area contributed by atoms with Crippen molar-refractivity contribution in [2.45, 2.75) is 6.92 Å². The van der Waals surface area contributed by atoms with Crippen molar-refractivity contribution >= 4 is 22.9 Å². The molecule has 0 heterocycles. The molecule has 0 saturated heterocycles. The highest BCUT2D eigenvalue weighted by molar-refractivity contribution is 7.80. The number of hydrogen-bond donors (Lipinski definition) is 2. The first-order valence-corrected chi connectivity index (χ1v) is 6.39. The van der Waals surface area contributed by atoms with Gasteiger partial charge in [0, 0.05) is 30.4 Å². The fraction of sp³-hybridized carbons (Fsp3) is 0.462. The van der Waals surface area contributed by atoms with Gasteiger partial charge in [0.15, 0.2) is 0 Å². The van der Waals surface area contributed by atoms with Gasteiger partial charge in [0.2, 0.25) is 0 Å². The quantitative estimate of drug-likeness (QED) is 0.736. The van der Waals surface area contributed by atoms with Crippen LogP contribution in [0.25, 0.3) is 0 Å². The van der Waals surface area contributed by atoms with E-state index in [1.807, 2.05) is 18.2 Å². The molecule has 0 aromatic heterocycles. The average molecular weight is 267 g/mol. The van der Waals surface area contributed by atoms with Crippen LogP contribution in [0.1, 0.15) is 12.5 Å². The molecule has 1 aromatic carbocycles. The molecule has 18 heavy (non-hydrogen) atoms. The Balaban J connectivity index is 2.75. The molecule has 0 aliphatic heterocycles. The van der Waals surface area contributed by atoms with Gasteiger partial charge in [0.25, 0.3) is 0 Å². The van der Waals surface area contributed by atoms with Crippen LogP contribution < -0.4 is 15.8 Å². The van der Waals surface area contributed by atoms with Crippen molar-refractivity contribution in [1.29, 1.82) is 0 Å². The van der Waals surface area contributed by atoms with E-state index in [2.05, 4.69) is 24.2 Å². The third kappa shape index (κ3) is 4.16. The molecule has 0 aliphatic rings. The van der Waals surface area contributed by atoms with Crippen LogP contribution in [0.3, 0.4) is 0 Å². The summed E-state index contributed by atoms with van der Waals surface area (Å²) < 4.78 is 5.20. The van der Waals surface area contributed by atoms with E-state index < -0.39 is 0 Å². The molecule has 0 spiro atoms. The second-order valence-corrected chi connectivity index (χ2v) is 4.54. The lowest BCUT2D eigenvalue weighted by Crippen LogP contribution is -2.25. The molecule has 0 bridgehead atoms. The van der Waals surface area contributed by atoms with Gasteiger partial charge in [-0.05, 0) is 25.7 Å². The van der Waals surface area contributed by atoms with Gasteiger partial charge in [-0.1, -0.05) is 19.1 Å². The number of nitrogens with one attached hydrogen (secondary N) is 1. The molecule has 1 aromatic rings. The van der Waals surface area contributed by atoms with Gasteiger partial charge < -0.3 is 20.7 Å². The van der Waals surface area contributed by atoms with Crippen molar-refractivity contribution in [2.24, 2.45) is 5.73 Å². The summed E-state index contributed by atoms with van der Waals surface area (Å²) in [5.41, 5.74) is 7.48. The van der Waals surface area contributed by atoms with Crippen LogP contribution in [0.4, 0.5) is 5.69 Å². The van der Waals surface area contributed by atoms with Gasteiger partial charge >= 0.3 is 0 Å². The highest BCUT2D eigenvalue weighted by atomic mass is 32.1. The number of nitrogens with two attached hydrogens (primary N) is 1. The normalized spacial score (nSPS) is 10.4. The predicted molar refractivity (Wildman–Crippen MR) is 80.5 cm³/mol. The van der Waals surface area contributed by atoms with Gasteiger partial charge in [0.1, 0.15) is 10.7 Å². The minimum atomic E-state index is 0.393. The van der Waals surface area contributed by atoms with E-state index in [1.165, 1.54) is 0 Å². The van der Waals surface area contributed by atoms with Gasteiger partial charge in [0.05, 0.1) is 7.11 Å². The number of rotatable bonds is 7. The maximum absolute atomic E-state index is 5.70. The van der Waals surface area contributed by atoms with Gasteiger partial charge in [-0.3, -0.25) is 0 Å². The van der Waals surface area contributed by atoms with Gasteiger partial charge in [-0.25, -0.2) is 0 Å². The Morgan fingerprint density at radius 2 is 2.22 bits per heavy atom. The van der Waals surface area contributed by atoms with Crippen molar-refractivity contribution < 1.29 is 4.74 Å². The Morgan fingerprint density at radius 1 is 1.50 bits per heavy atom. The van der Waals surface area contributed by atoms with Crippen LogP contribution in [0, 0.1) is 0 Å². The highest BCUT2D eigenvalue weighted by Gasteiger charge is 2.06. The first-order chi connectivity index (χ1) is 8.58. The summed E-state index contributed by atoms with van der Waals surface area (Å²) >= 11 is 5.04. The van der Waals surface area contributed by atoms with Crippen molar-refractivity contribution in [2.75, 3.05) is 39.1 Å². The number of benzene rings is 1. The van der Waals surface area contributed by atoms with Crippen LogP contribution >= 0.6 is 12.2 Å². The minimum absolute atomic E-state index is 0.393. The number of anilines is 1. The number of ether oxygens (including phenoxy) is 1. The van der Waals surface area contributed by atoms with E-state index in [0.717, 1.165) is 36.6 Å². The van der Waals surface area contributed by atoms with Crippen LogP contribution in [0.2, 0.25) is 0 Å². The summed E-state index contributed by atoms with van der Waals surface area (Å²) in [6.07, 6.45) is 0. The standard InChI is InChI=1S/C13H21N3OS/c1-4-16(2)8-7-15-12-9-10(17-3)5-6-11(12)13(14)18/h5-6,9,15H,4,7-8H2,1-3H3,(H2,14,18). The monoisotopic (exact) mass is 267 g/mol. The number of thiocarbonyl (C=S) groups is 1. The Morgan fingerprint density at radius 3 is 2.78 bits per heavy atom. The van der Waals surface area contributed by atoms with Crippen LogP contribution in [-0.2, 0) is 0 Å². The first-order valence-electron chi connectivity index (χ1n) is 5.98. The molecule has 1 rings (SSSR count). The average Bonchev–Trinajstić information content (AvgIpc) is 2.37. The summed E-state index contributed by atoms with van der Waals surface area (Å²) in [5.74, 6) is 0.793. The van der Waals surface area contributed by atoms with Crippen LogP contribution in [0.15, 0.2) is 18.2 Å². The third-order valence-corrected chi connectivity index (χ3v) is 3.06. The number of hydrogen-bond acceptors (Lipinski definition) is 4. The van der Waals surface area contributed by atoms with Gasteiger partial charge in [-0.15, -0.1) is 0 Å². The second kappa shape index (κ2) is 7.18. The Labute approximate surface area is 114 Å². The number of likely N-dealkylation sites (N-methyl/N-ethyl adjacent to an activating group) is 1. The first kappa shape index (κ1) is 14.7. The molecule has 0 aliphatic carbocycles. The number of methoxy groups -OCH3 is 1. The molecule has 0 atom stereocenters. The van der Waals surface area contributed by atoms with E-state index in [-0.39, 0.29) is 0 Å². The predicted octanol–water partition coefficient (Wildman–Crippen LogP) is 1.69. The molecule has 0 saturated carbocycles. The Hall–Kier alpha value is -1.33. The highest BCUT2D eigenvalue weighted by Crippen LogP contribution is 2.22. The lowest BCUT2D eigenvalue weighted by Gasteiger charge is -2.16. The minimum Gasteiger partial charge on any atom is -0.497 e. The Kier molecular flexibility index (Phi) is 5.88. The zero-order chi connectivity index (χ0) is 13.5. The lowest BCUT2D eigenvalue weighted by molar-refractivity contribution is 0.367. The maximum atomic E-state index is 5.70. The number of nitrogens with zero attached hydrogens (tertiary/aromatic N) is 1. The summed E-state index contributed by atoms with van der Waals surface area (Å²) in [5, 5.41) is 3.35.